The lowest BCUT2D eigenvalue weighted by Crippen LogP contribution is -2.33. The smallest absolute Gasteiger partial charge is 0.239 e. The predicted molar refractivity (Wildman–Crippen MR) is 69.2 cm³/mol. The van der Waals surface area contributed by atoms with E-state index in [0.717, 1.165) is 11.3 Å². The number of nitrogens with two attached hydrogens (primary N) is 1. The first kappa shape index (κ1) is 12.3. The molecule has 1 amide bonds. The van der Waals surface area contributed by atoms with E-state index in [1.807, 2.05) is 43.5 Å². The van der Waals surface area contributed by atoms with Crippen LogP contribution in [0.4, 0.5) is 0 Å². The van der Waals surface area contributed by atoms with Crippen molar-refractivity contribution in [2.75, 3.05) is 6.54 Å². The number of primary amides is 1. The van der Waals surface area contributed by atoms with Crippen molar-refractivity contribution in [2.24, 2.45) is 5.73 Å². The number of rotatable bonds is 5. The van der Waals surface area contributed by atoms with Gasteiger partial charge in [0.1, 0.15) is 6.04 Å². The molecule has 1 unspecified atom stereocenters. The van der Waals surface area contributed by atoms with Crippen LogP contribution in [0.25, 0.3) is 5.69 Å². The van der Waals surface area contributed by atoms with Crippen LogP contribution in [0, 0.1) is 0 Å². The van der Waals surface area contributed by atoms with Crippen molar-refractivity contribution in [2.45, 2.75) is 13.0 Å². The van der Waals surface area contributed by atoms with Crippen molar-refractivity contribution in [1.82, 2.24) is 15.1 Å². The van der Waals surface area contributed by atoms with Crippen molar-refractivity contribution in [3.63, 3.8) is 0 Å². The number of hydrogen-bond donors (Lipinski definition) is 2. The maximum Gasteiger partial charge on any atom is 0.239 e. The van der Waals surface area contributed by atoms with Gasteiger partial charge in [0, 0.05) is 11.8 Å². The van der Waals surface area contributed by atoms with Crippen LogP contribution in [-0.2, 0) is 4.79 Å². The van der Waals surface area contributed by atoms with Crippen molar-refractivity contribution < 1.29 is 4.79 Å². The minimum atomic E-state index is -0.493. The third-order valence-electron chi connectivity index (χ3n) is 2.65. The van der Waals surface area contributed by atoms with Crippen molar-refractivity contribution in [3.05, 3.63) is 48.3 Å². The molecule has 18 heavy (non-hydrogen) atoms. The van der Waals surface area contributed by atoms with Gasteiger partial charge in [-0.2, -0.15) is 5.10 Å². The fourth-order valence-electron chi connectivity index (χ4n) is 1.79. The van der Waals surface area contributed by atoms with E-state index < -0.39 is 11.9 Å². The number of aromatic nitrogens is 2. The zero-order chi connectivity index (χ0) is 13.0. The highest BCUT2D eigenvalue weighted by atomic mass is 16.1. The van der Waals surface area contributed by atoms with Gasteiger partial charge in [-0.05, 0) is 18.7 Å². The normalized spacial score (nSPS) is 12.3. The lowest BCUT2D eigenvalue weighted by molar-refractivity contribution is -0.120. The number of carbonyl (C=O) groups excluding carboxylic acids is 1. The van der Waals surface area contributed by atoms with Gasteiger partial charge in [0.2, 0.25) is 5.91 Å². The second-order valence-electron chi connectivity index (χ2n) is 3.95. The summed E-state index contributed by atoms with van der Waals surface area (Å²) in [4.78, 5) is 11.4. The Balaban J connectivity index is 2.27. The second-order valence-corrected chi connectivity index (χ2v) is 3.95. The van der Waals surface area contributed by atoms with Gasteiger partial charge in [0.15, 0.2) is 0 Å². The Morgan fingerprint density at radius 2 is 2.17 bits per heavy atom. The first-order valence-electron chi connectivity index (χ1n) is 5.85. The zero-order valence-electron chi connectivity index (χ0n) is 10.2. The summed E-state index contributed by atoms with van der Waals surface area (Å²) in [6.07, 6.45) is 3.47. The molecule has 0 saturated carbocycles. The molecule has 0 radical (unpaired) electrons. The first-order chi connectivity index (χ1) is 8.72. The van der Waals surface area contributed by atoms with Gasteiger partial charge in [0.25, 0.3) is 0 Å². The average Bonchev–Trinajstić information content (AvgIpc) is 2.86. The van der Waals surface area contributed by atoms with Gasteiger partial charge in [-0.1, -0.05) is 25.1 Å². The Morgan fingerprint density at radius 3 is 2.78 bits per heavy atom. The number of benzene rings is 1. The van der Waals surface area contributed by atoms with Gasteiger partial charge in [-0.15, -0.1) is 0 Å². The van der Waals surface area contributed by atoms with Crippen LogP contribution in [0.3, 0.4) is 0 Å². The SMILES string of the molecule is CCNC(C(N)=O)c1cnn(-c2ccccc2)c1. The van der Waals surface area contributed by atoms with Gasteiger partial charge < -0.3 is 11.1 Å². The summed E-state index contributed by atoms with van der Waals surface area (Å²) in [5, 5.41) is 7.28. The van der Waals surface area contributed by atoms with Crippen LogP contribution in [0.2, 0.25) is 0 Å². The summed E-state index contributed by atoms with van der Waals surface area (Å²) in [7, 11) is 0. The predicted octanol–water partition coefficient (Wildman–Crippen LogP) is 1.01. The van der Waals surface area contributed by atoms with Crippen LogP contribution in [0.15, 0.2) is 42.7 Å². The number of nitrogens with one attached hydrogen (secondary N) is 1. The van der Waals surface area contributed by atoms with Gasteiger partial charge in [-0.3, -0.25) is 4.79 Å². The summed E-state index contributed by atoms with van der Waals surface area (Å²) >= 11 is 0. The van der Waals surface area contributed by atoms with Crippen LogP contribution >= 0.6 is 0 Å². The molecule has 0 fully saturated rings. The summed E-state index contributed by atoms with van der Waals surface area (Å²) in [5.41, 5.74) is 7.08. The highest BCUT2D eigenvalue weighted by molar-refractivity contribution is 5.81. The van der Waals surface area contributed by atoms with E-state index in [-0.39, 0.29) is 0 Å². The van der Waals surface area contributed by atoms with E-state index in [1.54, 1.807) is 10.9 Å². The van der Waals surface area contributed by atoms with E-state index in [9.17, 15) is 4.79 Å². The quantitative estimate of drug-likeness (QED) is 0.824. The van der Waals surface area contributed by atoms with E-state index in [1.165, 1.54) is 0 Å². The molecule has 1 atom stereocenters. The van der Waals surface area contributed by atoms with Crippen molar-refractivity contribution >= 4 is 5.91 Å². The number of nitrogens with zero attached hydrogens (tertiary/aromatic N) is 2. The number of para-hydroxylation sites is 1. The standard InChI is InChI=1S/C13H16N4O/c1-2-15-12(13(14)18)10-8-16-17(9-10)11-6-4-3-5-7-11/h3-9,12,15H,2H2,1H3,(H2,14,18). The van der Waals surface area contributed by atoms with Crippen molar-refractivity contribution in [1.29, 1.82) is 0 Å². The molecular formula is C13H16N4O. The monoisotopic (exact) mass is 244 g/mol. The Bertz CT molecular complexity index is 521. The minimum absolute atomic E-state index is 0.399. The molecule has 2 rings (SSSR count). The molecule has 0 aliphatic heterocycles. The summed E-state index contributed by atoms with van der Waals surface area (Å²) in [6.45, 7) is 2.60. The molecule has 1 aromatic carbocycles. The molecule has 1 heterocycles. The summed E-state index contributed by atoms with van der Waals surface area (Å²) in [5.74, 6) is -0.399. The van der Waals surface area contributed by atoms with Gasteiger partial charge in [0.05, 0.1) is 11.9 Å². The van der Waals surface area contributed by atoms with E-state index in [0.29, 0.717) is 6.54 Å². The molecule has 5 nitrogen and oxygen atoms in total. The third kappa shape index (κ3) is 2.57. The lowest BCUT2D eigenvalue weighted by atomic mass is 10.1. The highest BCUT2D eigenvalue weighted by Crippen LogP contribution is 2.14. The Hall–Kier alpha value is -2.14. The molecule has 0 aliphatic rings. The van der Waals surface area contributed by atoms with Crippen molar-refractivity contribution in [3.8, 4) is 5.69 Å². The molecular weight excluding hydrogens is 228 g/mol. The Labute approximate surface area is 106 Å². The molecule has 3 N–H and O–H groups in total. The molecule has 5 heteroatoms. The molecule has 0 aliphatic carbocycles. The third-order valence-corrected chi connectivity index (χ3v) is 2.65. The van der Waals surface area contributed by atoms with Crippen LogP contribution in [0.5, 0.6) is 0 Å². The number of likely N-dealkylation sites (N-methyl/N-ethyl adjacent to an activating group) is 1. The topological polar surface area (TPSA) is 72.9 Å². The number of hydrogen-bond acceptors (Lipinski definition) is 3. The second kappa shape index (κ2) is 5.46. The van der Waals surface area contributed by atoms with E-state index in [4.69, 9.17) is 5.73 Å². The lowest BCUT2D eigenvalue weighted by Gasteiger charge is -2.11. The van der Waals surface area contributed by atoms with Crippen LogP contribution in [0.1, 0.15) is 18.5 Å². The van der Waals surface area contributed by atoms with Gasteiger partial charge in [-0.25, -0.2) is 4.68 Å². The van der Waals surface area contributed by atoms with E-state index in [2.05, 4.69) is 10.4 Å². The van der Waals surface area contributed by atoms with E-state index >= 15 is 0 Å². The fraction of sp³-hybridized carbons (Fsp3) is 0.231. The number of carbonyl (C=O) groups is 1. The summed E-state index contributed by atoms with van der Waals surface area (Å²) in [6, 6.07) is 9.22. The minimum Gasteiger partial charge on any atom is -0.368 e. The molecule has 1 aromatic heterocycles. The summed E-state index contributed by atoms with van der Waals surface area (Å²) < 4.78 is 1.72. The van der Waals surface area contributed by atoms with Crippen LogP contribution in [-0.4, -0.2) is 22.2 Å². The number of amides is 1. The average molecular weight is 244 g/mol. The maximum atomic E-state index is 11.4. The van der Waals surface area contributed by atoms with Crippen LogP contribution < -0.4 is 11.1 Å². The Kier molecular flexibility index (Phi) is 3.74. The first-order valence-corrected chi connectivity index (χ1v) is 5.85. The molecule has 0 bridgehead atoms. The molecule has 0 spiro atoms. The fourth-order valence-corrected chi connectivity index (χ4v) is 1.79. The molecule has 94 valence electrons. The maximum absolute atomic E-state index is 11.4. The zero-order valence-corrected chi connectivity index (χ0v) is 10.2. The molecule has 2 aromatic rings. The van der Waals surface area contributed by atoms with Gasteiger partial charge >= 0.3 is 0 Å². The largest absolute Gasteiger partial charge is 0.368 e. The Morgan fingerprint density at radius 1 is 1.44 bits per heavy atom. The highest BCUT2D eigenvalue weighted by Gasteiger charge is 2.18. The molecule has 0 saturated heterocycles.